The highest BCUT2D eigenvalue weighted by molar-refractivity contribution is 5.96. The van der Waals surface area contributed by atoms with Gasteiger partial charge in [-0.25, -0.2) is 9.97 Å². The zero-order valence-corrected chi connectivity index (χ0v) is 17.6. The van der Waals surface area contributed by atoms with E-state index < -0.39 is 6.04 Å². The monoisotopic (exact) mass is 405 g/mol. The van der Waals surface area contributed by atoms with E-state index in [0.717, 1.165) is 24.4 Å². The summed E-state index contributed by atoms with van der Waals surface area (Å²) in [5.74, 6) is 0.287. The van der Waals surface area contributed by atoms with Crippen LogP contribution in [0.2, 0.25) is 0 Å². The number of anilines is 1. The third-order valence-corrected chi connectivity index (χ3v) is 5.43. The summed E-state index contributed by atoms with van der Waals surface area (Å²) in [6.07, 6.45) is 4.32. The van der Waals surface area contributed by atoms with Gasteiger partial charge in [-0.2, -0.15) is 0 Å². The van der Waals surface area contributed by atoms with Gasteiger partial charge in [-0.1, -0.05) is 30.3 Å². The molecule has 0 spiro atoms. The van der Waals surface area contributed by atoms with Crippen molar-refractivity contribution in [1.29, 1.82) is 0 Å². The van der Waals surface area contributed by atoms with Crippen molar-refractivity contribution in [3.63, 3.8) is 0 Å². The van der Waals surface area contributed by atoms with Crippen LogP contribution in [-0.2, 0) is 17.8 Å². The van der Waals surface area contributed by atoms with E-state index in [-0.39, 0.29) is 11.9 Å². The summed E-state index contributed by atoms with van der Waals surface area (Å²) < 4.78 is 7.42. The Bertz CT molecular complexity index is 1020. The van der Waals surface area contributed by atoms with Crippen molar-refractivity contribution in [2.45, 2.75) is 38.9 Å². The Hall–Kier alpha value is -3.19. The number of benzene rings is 1. The molecule has 0 aliphatic carbocycles. The summed E-state index contributed by atoms with van der Waals surface area (Å²) in [6, 6.07) is 13.6. The van der Waals surface area contributed by atoms with Crippen molar-refractivity contribution >= 4 is 11.6 Å². The number of nitrogens with one attached hydrogen (secondary N) is 1. The Morgan fingerprint density at radius 2 is 2.00 bits per heavy atom. The van der Waals surface area contributed by atoms with Crippen LogP contribution in [0, 0.1) is 0 Å². The van der Waals surface area contributed by atoms with Gasteiger partial charge in [0, 0.05) is 31.7 Å². The normalized spacial score (nSPS) is 16.3. The van der Waals surface area contributed by atoms with Gasteiger partial charge in [0.15, 0.2) is 0 Å². The fourth-order valence-corrected chi connectivity index (χ4v) is 3.99. The zero-order valence-electron chi connectivity index (χ0n) is 17.6. The molecule has 0 radical (unpaired) electrons. The summed E-state index contributed by atoms with van der Waals surface area (Å²) in [5.41, 5.74) is 3.69. The molecule has 0 bridgehead atoms. The molecule has 156 valence electrons. The number of imidazole rings is 1. The number of hydrogen-bond donors (Lipinski definition) is 1. The molecule has 4 rings (SSSR count). The SMILES string of the molecule is COc1ncccc1NC(=O)[C@@H]1c2c(ncn2C(C)C)CCN1Cc1ccccc1. The molecule has 0 fully saturated rings. The molecule has 1 aliphatic heterocycles. The lowest BCUT2D eigenvalue weighted by Crippen LogP contribution is -2.42. The van der Waals surface area contributed by atoms with Gasteiger partial charge in [-0.3, -0.25) is 9.69 Å². The minimum Gasteiger partial charge on any atom is -0.480 e. The van der Waals surface area contributed by atoms with E-state index in [0.29, 0.717) is 18.1 Å². The number of aromatic nitrogens is 3. The number of nitrogens with zero attached hydrogens (tertiary/aromatic N) is 4. The number of carbonyl (C=O) groups excluding carboxylic acids is 1. The van der Waals surface area contributed by atoms with Gasteiger partial charge >= 0.3 is 0 Å². The number of methoxy groups -OCH3 is 1. The Morgan fingerprint density at radius 3 is 2.73 bits per heavy atom. The van der Waals surface area contributed by atoms with Crippen LogP contribution in [0.15, 0.2) is 55.0 Å². The molecule has 1 amide bonds. The highest BCUT2D eigenvalue weighted by Gasteiger charge is 2.37. The van der Waals surface area contributed by atoms with Crippen molar-refractivity contribution in [2.75, 3.05) is 19.0 Å². The standard InChI is InChI=1S/C23H27N5O2/c1-16(2)28-15-25-18-11-13-27(14-17-8-5-4-6-9-17)21(20(18)28)22(29)26-19-10-7-12-24-23(19)30-3/h4-10,12,15-16,21H,11,13-14H2,1-3H3,(H,26,29)/t21-/m0/s1. The van der Waals surface area contributed by atoms with E-state index in [2.05, 4.69) is 50.7 Å². The Kier molecular flexibility index (Phi) is 5.81. The molecule has 3 heterocycles. The predicted molar refractivity (Wildman–Crippen MR) is 115 cm³/mol. The first-order chi connectivity index (χ1) is 14.6. The predicted octanol–water partition coefficient (Wildman–Crippen LogP) is 3.61. The summed E-state index contributed by atoms with van der Waals surface area (Å²) in [7, 11) is 1.55. The van der Waals surface area contributed by atoms with Crippen LogP contribution in [0.3, 0.4) is 0 Å². The first-order valence-corrected chi connectivity index (χ1v) is 10.2. The largest absolute Gasteiger partial charge is 0.480 e. The number of amides is 1. The number of hydrogen-bond acceptors (Lipinski definition) is 5. The van der Waals surface area contributed by atoms with Gasteiger partial charge < -0.3 is 14.6 Å². The lowest BCUT2D eigenvalue weighted by molar-refractivity contribution is -0.122. The van der Waals surface area contributed by atoms with Gasteiger partial charge in [0.25, 0.3) is 0 Å². The summed E-state index contributed by atoms with van der Waals surface area (Å²) in [4.78, 5) is 24.6. The molecular formula is C23H27N5O2. The molecule has 2 aromatic heterocycles. The smallest absolute Gasteiger partial charge is 0.248 e. The molecule has 1 atom stereocenters. The number of pyridine rings is 1. The molecule has 7 nitrogen and oxygen atoms in total. The van der Waals surface area contributed by atoms with Crippen LogP contribution in [0.1, 0.15) is 42.9 Å². The molecule has 1 N–H and O–H groups in total. The maximum atomic E-state index is 13.6. The maximum Gasteiger partial charge on any atom is 0.248 e. The minimum atomic E-state index is -0.455. The lowest BCUT2D eigenvalue weighted by atomic mass is 9.99. The molecule has 7 heteroatoms. The first-order valence-electron chi connectivity index (χ1n) is 10.2. The van der Waals surface area contributed by atoms with Crippen molar-refractivity contribution in [3.05, 3.63) is 71.9 Å². The first kappa shape index (κ1) is 20.1. The van der Waals surface area contributed by atoms with Crippen molar-refractivity contribution in [1.82, 2.24) is 19.4 Å². The zero-order chi connectivity index (χ0) is 21.1. The van der Waals surface area contributed by atoms with Gasteiger partial charge in [0.2, 0.25) is 11.8 Å². The Balaban J connectivity index is 1.71. The van der Waals surface area contributed by atoms with E-state index in [9.17, 15) is 4.79 Å². The number of ether oxygens (including phenoxy) is 1. The summed E-state index contributed by atoms with van der Waals surface area (Å²) in [6.45, 7) is 5.67. The number of carbonyl (C=O) groups is 1. The topological polar surface area (TPSA) is 72.3 Å². The third-order valence-electron chi connectivity index (χ3n) is 5.43. The average Bonchev–Trinajstić information content (AvgIpc) is 3.19. The van der Waals surface area contributed by atoms with Gasteiger partial charge in [-0.15, -0.1) is 0 Å². The molecule has 1 aromatic carbocycles. The number of rotatable bonds is 6. The van der Waals surface area contributed by atoms with Crippen LogP contribution in [-0.4, -0.2) is 39.0 Å². The minimum absolute atomic E-state index is 0.111. The van der Waals surface area contributed by atoms with Crippen LogP contribution in [0.25, 0.3) is 0 Å². The van der Waals surface area contributed by atoms with Crippen molar-refractivity contribution in [3.8, 4) is 5.88 Å². The van der Waals surface area contributed by atoms with E-state index in [4.69, 9.17) is 4.74 Å². The van der Waals surface area contributed by atoms with E-state index in [1.807, 2.05) is 24.5 Å². The molecule has 0 saturated heterocycles. The van der Waals surface area contributed by atoms with Crippen molar-refractivity contribution < 1.29 is 9.53 Å². The van der Waals surface area contributed by atoms with E-state index in [1.54, 1.807) is 25.4 Å². The highest BCUT2D eigenvalue weighted by atomic mass is 16.5. The molecular weight excluding hydrogens is 378 g/mol. The quantitative estimate of drug-likeness (QED) is 0.678. The van der Waals surface area contributed by atoms with Crippen LogP contribution in [0.5, 0.6) is 5.88 Å². The Morgan fingerprint density at radius 1 is 1.20 bits per heavy atom. The molecule has 30 heavy (non-hydrogen) atoms. The summed E-state index contributed by atoms with van der Waals surface area (Å²) in [5, 5.41) is 3.03. The lowest BCUT2D eigenvalue weighted by Gasteiger charge is -2.36. The van der Waals surface area contributed by atoms with Crippen LogP contribution < -0.4 is 10.1 Å². The maximum absolute atomic E-state index is 13.6. The second-order valence-corrected chi connectivity index (χ2v) is 7.74. The molecule has 0 saturated carbocycles. The highest BCUT2D eigenvalue weighted by Crippen LogP contribution is 2.34. The second-order valence-electron chi connectivity index (χ2n) is 7.74. The molecule has 1 aliphatic rings. The average molecular weight is 406 g/mol. The number of fused-ring (bicyclic) bond motifs is 1. The van der Waals surface area contributed by atoms with E-state index >= 15 is 0 Å². The van der Waals surface area contributed by atoms with Crippen LogP contribution in [0.4, 0.5) is 5.69 Å². The molecule has 0 unspecified atom stereocenters. The fraction of sp³-hybridized carbons (Fsp3) is 0.348. The summed E-state index contributed by atoms with van der Waals surface area (Å²) >= 11 is 0. The van der Waals surface area contributed by atoms with Crippen molar-refractivity contribution in [2.24, 2.45) is 0 Å². The van der Waals surface area contributed by atoms with Gasteiger partial charge in [-0.05, 0) is 31.5 Å². The molecule has 3 aromatic rings. The van der Waals surface area contributed by atoms with Crippen LogP contribution >= 0.6 is 0 Å². The Labute approximate surface area is 176 Å². The van der Waals surface area contributed by atoms with Gasteiger partial charge in [0.05, 0.1) is 24.8 Å². The third kappa shape index (κ3) is 3.93. The second kappa shape index (κ2) is 8.67. The fourth-order valence-electron chi connectivity index (χ4n) is 3.99. The van der Waals surface area contributed by atoms with Gasteiger partial charge in [0.1, 0.15) is 11.7 Å². The van der Waals surface area contributed by atoms with E-state index in [1.165, 1.54) is 5.56 Å².